The Morgan fingerprint density at radius 1 is 1.21 bits per heavy atom. The second kappa shape index (κ2) is 11.9. The van der Waals surface area contributed by atoms with Crippen LogP contribution in [0.15, 0.2) is 23.3 Å². The lowest BCUT2D eigenvalue weighted by molar-refractivity contribution is -0.139. The molecule has 0 spiro atoms. The maximum Gasteiger partial charge on any atom is 0.320 e. The van der Waals surface area contributed by atoms with E-state index >= 15 is 0 Å². The van der Waals surface area contributed by atoms with Crippen molar-refractivity contribution < 1.29 is 15.0 Å². The van der Waals surface area contributed by atoms with E-state index in [0.29, 0.717) is 0 Å². The largest absolute Gasteiger partial charge is 0.480 e. The zero-order chi connectivity index (χ0) is 15.4. The summed E-state index contributed by atoms with van der Waals surface area (Å²) in [6.07, 6.45) is 6.23. The van der Waals surface area contributed by atoms with Crippen LogP contribution < -0.4 is 5.73 Å². The number of carboxylic acid groups (broad SMARTS) is 1. The number of carboxylic acids is 1. The van der Waals surface area contributed by atoms with Crippen molar-refractivity contribution in [1.82, 2.24) is 0 Å². The van der Waals surface area contributed by atoms with Gasteiger partial charge >= 0.3 is 5.97 Å². The third-order valence-corrected chi connectivity index (χ3v) is 2.53. The molecule has 0 radical (unpaired) electrons. The third-order valence-electron chi connectivity index (χ3n) is 2.53. The van der Waals surface area contributed by atoms with Crippen LogP contribution in [0.3, 0.4) is 0 Å². The minimum Gasteiger partial charge on any atom is -0.480 e. The van der Waals surface area contributed by atoms with Crippen molar-refractivity contribution in [2.75, 3.05) is 6.61 Å². The maximum absolute atomic E-state index is 10.0. The van der Waals surface area contributed by atoms with Crippen molar-refractivity contribution in [3.05, 3.63) is 23.3 Å². The molecule has 0 amide bonds. The van der Waals surface area contributed by atoms with Crippen molar-refractivity contribution in [1.29, 1.82) is 0 Å². The first-order valence-electron chi connectivity index (χ1n) is 6.60. The lowest BCUT2D eigenvalue weighted by Crippen LogP contribution is -2.34. The maximum atomic E-state index is 10.0. The summed E-state index contributed by atoms with van der Waals surface area (Å²) < 4.78 is 0. The molecule has 4 nitrogen and oxygen atoms in total. The molecule has 0 aliphatic heterocycles. The zero-order valence-corrected chi connectivity index (χ0v) is 12.8. The highest BCUT2D eigenvalue weighted by atomic mass is 16.4. The Bertz CT molecular complexity index is 303. The number of rotatable bonds is 6. The summed E-state index contributed by atoms with van der Waals surface area (Å²) in [5.41, 5.74) is 7.79. The first kappa shape index (κ1) is 20.2. The SMILES string of the molecule is CC(C)=CCC/C(C)=C/CO.CC(C)[C@H](N)C(=O)O. The van der Waals surface area contributed by atoms with Crippen molar-refractivity contribution in [2.24, 2.45) is 11.7 Å². The Labute approximate surface area is 117 Å². The van der Waals surface area contributed by atoms with E-state index < -0.39 is 12.0 Å². The smallest absolute Gasteiger partial charge is 0.320 e. The molecule has 4 N–H and O–H groups in total. The summed E-state index contributed by atoms with van der Waals surface area (Å²) >= 11 is 0. The number of aliphatic carboxylic acids is 1. The predicted molar refractivity (Wildman–Crippen MR) is 80.0 cm³/mol. The Balaban J connectivity index is 0. The van der Waals surface area contributed by atoms with Crippen LogP contribution in [-0.2, 0) is 4.79 Å². The minimum atomic E-state index is -0.931. The van der Waals surface area contributed by atoms with Crippen molar-refractivity contribution in [3.63, 3.8) is 0 Å². The Hall–Kier alpha value is -1.13. The van der Waals surface area contributed by atoms with E-state index in [1.54, 1.807) is 13.8 Å². The highest BCUT2D eigenvalue weighted by Crippen LogP contribution is 2.05. The van der Waals surface area contributed by atoms with Gasteiger partial charge in [-0.25, -0.2) is 0 Å². The summed E-state index contributed by atoms with van der Waals surface area (Å²) in [7, 11) is 0. The second-order valence-corrected chi connectivity index (χ2v) is 5.16. The lowest BCUT2D eigenvalue weighted by Gasteiger charge is -2.07. The first-order chi connectivity index (χ1) is 8.72. The van der Waals surface area contributed by atoms with Crippen LogP contribution in [0.25, 0.3) is 0 Å². The molecule has 112 valence electrons. The van der Waals surface area contributed by atoms with Gasteiger partial charge in [0.15, 0.2) is 0 Å². The van der Waals surface area contributed by atoms with Gasteiger partial charge in [-0.2, -0.15) is 0 Å². The summed E-state index contributed by atoms with van der Waals surface area (Å²) in [6.45, 7) is 9.98. The lowest BCUT2D eigenvalue weighted by atomic mass is 10.1. The van der Waals surface area contributed by atoms with Crippen molar-refractivity contribution in [3.8, 4) is 0 Å². The fourth-order valence-electron chi connectivity index (χ4n) is 1.13. The quantitative estimate of drug-likeness (QED) is 0.649. The fraction of sp³-hybridized carbons (Fsp3) is 0.667. The van der Waals surface area contributed by atoms with Gasteiger partial charge in [0.2, 0.25) is 0 Å². The van der Waals surface area contributed by atoms with Crippen molar-refractivity contribution in [2.45, 2.75) is 53.5 Å². The van der Waals surface area contributed by atoms with Gasteiger partial charge < -0.3 is 15.9 Å². The Morgan fingerprint density at radius 3 is 2.00 bits per heavy atom. The highest BCUT2D eigenvalue weighted by molar-refractivity contribution is 5.73. The van der Waals surface area contributed by atoms with Crippen LogP contribution in [0, 0.1) is 5.92 Å². The number of nitrogens with two attached hydrogens (primary N) is 1. The average molecular weight is 271 g/mol. The molecule has 0 aliphatic carbocycles. The van der Waals surface area contributed by atoms with Gasteiger partial charge in [-0.15, -0.1) is 0 Å². The molecule has 0 fully saturated rings. The molecule has 0 rings (SSSR count). The van der Waals surface area contributed by atoms with E-state index in [9.17, 15) is 4.79 Å². The molecule has 0 saturated carbocycles. The van der Waals surface area contributed by atoms with Crippen LogP contribution in [0.2, 0.25) is 0 Å². The van der Waals surface area contributed by atoms with Gasteiger partial charge in [0, 0.05) is 0 Å². The molecule has 0 aliphatic rings. The molecule has 19 heavy (non-hydrogen) atoms. The molecule has 0 unspecified atom stereocenters. The summed E-state index contributed by atoms with van der Waals surface area (Å²) in [5.74, 6) is -0.910. The van der Waals surface area contributed by atoms with Gasteiger partial charge in [0.25, 0.3) is 0 Å². The molecule has 1 atom stereocenters. The number of hydrogen-bond donors (Lipinski definition) is 3. The van der Waals surface area contributed by atoms with Crippen LogP contribution >= 0.6 is 0 Å². The third kappa shape index (κ3) is 14.8. The predicted octanol–water partition coefficient (Wildman–Crippen LogP) is 2.73. The van der Waals surface area contributed by atoms with Crippen LogP contribution in [0.1, 0.15) is 47.5 Å². The monoisotopic (exact) mass is 271 g/mol. The summed E-state index contributed by atoms with van der Waals surface area (Å²) in [6, 6.07) is -0.713. The fourth-order valence-corrected chi connectivity index (χ4v) is 1.13. The standard InChI is InChI=1S/C10H18O.C5H11NO2/c1-9(2)5-4-6-10(3)7-8-11;1-3(2)4(6)5(7)8/h5,7,11H,4,6,8H2,1-3H3;3-4H,6H2,1-2H3,(H,7,8)/b10-7+;/t;4-/m.0/s1. The molecule has 4 heteroatoms. The molecule has 0 saturated heterocycles. The molecule has 0 bridgehead atoms. The van der Waals surface area contributed by atoms with E-state index in [4.69, 9.17) is 15.9 Å². The number of aliphatic hydroxyl groups is 1. The molecule has 0 aromatic rings. The van der Waals surface area contributed by atoms with Gasteiger partial charge in [0.05, 0.1) is 6.61 Å². The van der Waals surface area contributed by atoms with Crippen LogP contribution in [-0.4, -0.2) is 28.8 Å². The number of allylic oxidation sites excluding steroid dienone is 3. The second-order valence-electron chi connectivity index (χ2n) is 5.16. The molecule has 0 heterocycles. The van der Waals surface area contributed by atoms with E-state index in [0.717, 1.165) is 12.8 Å². The minimum absolute atomic E-state index is 0.0208. The molecule has 0 aromatic heterocycles. The van der Waals surface area contributed by atoms with Gasteiger partial charge in [-0.1, -0.05) is 37.1 Å². The average Bonchev–Trinajstić information content (AvgIpc) is 2.28. The topological polar surface area (TPSA) is 83.5 Å². The van der Waals surface area contributed by atoms with Gasteiger partial charge in [0.1, 0.15) is 6.04 Å². The number of aliphatic hydroxyl groups excluding tert-OH is 1. The van der Waals surface area contributed by atoms with E-state index in [1.165, 1.54) is 11.1 Å². The van der Waals surface area contributed by atoms with E-state index in [-0.39, 0.29) is 12.5 Å². The van der Waals surface area contributed by atoms with E-state index in [1.807, 2.05) is 6.08 Å². The number of carbonyl (C=O) groups is 1. The first-order valence-corrected chi connectivity index (χ1v) is 6.60. The molecular formula is C15H29NO3. The molecular weight excluding hydrogens is 242 g/mol. The van der Waals surface area contributed by atoms with Crippen LogP contribution in [0.4, 0.5) is 0 Å². The zero-order valence-electron chi connectivity index (χ0n) is 12.8. The summed E-state index contributed by atoms with van der Waals surface area (Å²) in [4.78, 5) is 10.0. The summed E-state index contributed by atoms with van der Waals surface area (Å²) in [5, 5.41) is 16.8. The van der Waals surface area contributed by atoms with Crippen molar-refractivity contribution >= 4 is 5.97 Å². The Morgan fingerprint density at radius 2 is 1.74 bits per heavy atom. The van der Waals surface area contributed by atoms with Gasteiger partial charge in [-0.05, 0) is 39.5 Å². The van der Waals surface area contributed by atoms with E-state index in [2.05, 4.69) is 26.8 Å². The normalized spacial score (nSPS) is 12.5. The van der Waals surface area contributed by atoms with Gasteiger partial charge in [-0.3, -0.25) is 4.79 Å². The highest BCUT2D eigenvalue weighted by Gasteiger charge is 2.14. The Kier molecular flexibility index (Phi) is 12.7. The van der Waals surface area contributed by atoms with Crippen LogP contribution in [0.5, 0.6) is 0 Å². The molecule has 0 aromatic carbocycles. The number of hydrogen-bond acceptors (Lipinski definition) is 3.